The van der Waals surface area contributed by atoms with E-state index in [1.54, 1.807) is 0 Å². The summed E-state index contributed by atoms with van der Waals surface area (Å²) < 4.78 is 0. The SMILES string of the molecule is CCN(CC)C(=O)CCCC(=O)NC(CN)C1CCCCC1.Cl. The molecule has 1 aliphatic rings. The molecule has 1 saturated carbocycles. The van der Waals surface area contributed by atoms with Gasteiger partial charge in [-0.1, -0.05) is 19.3 Å². The first-order chi connectivity index (χ1) is 10.6. The van der Waals surface area contributed by atoms with E-state index in [1.807, 2.05) is 18.7 Å². The summed E-state index contributed by atoms with van der Waals surface area (Å²) >= 11 is 0. The molecule has 0 saturated heterocycles. The molecule has 0 heterocycles. The van der Waals surface area contributed by atoms with Gasteiger partial charge < -0.3 is 16.0 Å². The number of rotatable bonds is 9. The number of nitrogens with zero attached hydrogens (tertiary/aromatic N) is 1. The third kappa shape index (κ3) is 8.02. The Kier molecular flexibility index (Phi) is 12.1. The van der Waals surface area contributed by atoms with Crippen LogP contribution in [0.1, 0.15) is 65.2 Å². The molecule has 1 rings (SSSR count). The largest absolute Gasteiger partial charge is 0.352 e. The number of halogens is 1. The van der Waals surface area contributed by atoms with Crippen molar-refractivity contribution in [2.75, 3.05) is 19.6 Å². The van der Waals surface area contributed by atoms with E-state index >= 15 is 0 Å². The van der Waals surface area contributed by atoms with Crippen LogP contribution in [0.25, 0.3) is 0 Å². The quantitative estimate of drug-likeness (QED) is 0.672. The van der Waals surface area contributed by atoms with Crippen LogP contribution >= 0.6 is 12.4 Å². The Morgan fingerprint density at radius 1 is 1.13 bits per heavy atom. The van der Waals surface area contributed by atoms with Crippen LogP contribution < -0.4 is 11.1 Å². The van der Waals surface area contributed by atoms with Gasteiger partial charge >= 0.3 is 0 Å². The lowest BCUT2D eigenvalue weighted by Gasteiger charge is -2.30. The first-order valence-electron chi connectivity index (χ1n) is 8.89. The number of nitrogens with one attached hydrogen (secondary N) is 1. The van der Waals surface area contributed by atoms with Crippen molar-refractivity contribution in [2.45, 2.75) is 71.3 Å². The summed E-state index contributed by atoms with van der Waals surface area (Å²) in [6.45, 7) is 5.93. The Labute approximate surface area is 147 Å². The molecule has 0 aromatic rings. The lowest BCUT2D eigenvalue weighted by Crippen LogP contribution is -2.45. The third-order valence-electron chi connectivity index (χ3n) is 4.73. The molecule has 2 amide bonds. The monoisotopic (exact) mass is 347 g/mol. The molecule has 0 spiro atoms. The summed E-state index contributed by atoms with van der Waals surface area (Å²) in [4.78, 5) is 25.7. The molecule has 136 valence electrons. The second-order valence-corrected chi connectivity index (χ2v) is 6.23. The lowest BCUT2D eigenvalue weighted by atomic mass is 9.84. The van der Waals surface area contributed by atoms with Crippen molar-refractivity contribution in [1.82, 2.24) is 10.2 Å². The Balaban J connectivity index is 0.00000484. The van der Waals surface area contributed by atoms with Crippen LogP contribution in [0.4, 0.5) is 0 Å². The first kappa shape index (κ1) is 22.2. The zero-order valence-corrected chi connectivity index (χ0v) is 15.5. The van der Waals surface area contributed by atoms with Gasteiger partial charge in [0, 0.05) is 38.5 Å². The minimum atomic E-state index is 0. The first-order valence-corrected chi connectivity index (χ1v) is 8.89. The summed E-state index contributed by atoms with van der Waals surface area (Å²) in [7, 11) is 0. The van der Waals surface area contributed by atoms with Crippen LogP contribution in [0.3, 0.4) is 0 Å². The summed E-state index contributed by atoms with van der Waals surface area (Å²) in [5.74, 6) is 0.703. The number of nitrogens with two attached hydrogens (primary N) is 1. The Morgan fingerprint density at radius 2 is 1.74 bits per heavy atom. The average Bonchev–Trinajstić information content (AvgIpc) is 2.54. The van der Waals surface area contributed by atoms with Crippen LogP contribution in [-0.2, 0) is 9.59 Å². The fourth-order valence-electron chi connectivity index (χ4n) is 3.32. The van der Waals surface area contributed by atoms with Gasteiger partial charge in [0.05, 0.1) is 0 Å². The molecule has 1 aliphatic carbocycles. The van der Waals surface area contributed by atoms with Gasteiger partial charge in [0.2, 0.25) is 11.8 Å². The van der Waals surface area contributed by atoms with Gasteiger partial charge in [-0.05, 0) is 39.0 Å². The molecule has 0 aromatic heterocycles. The lowest BCUT2D eigenvalue weighted by molar-refractivity contribution is -0.131. The smallest absolute Gasteiger partial charge is 0.222 e. The molecule has 6 heteroatoms. The number of amides is 2. The molecule has 1 unspecified atom stereocenters. The molecule has 0 bridgehead atoms. The summed E-state index contributed by atoms with van der Waals surface area (Å²) in [5.41, 5.74) is 5.83. The topological polar surface area (TPSA) is 75.4 Å². The highest BCUT2D eigenvalue weighted by Crippen LogP contribution is 2.26. The van der Waals surface area contributed by atoms with Crippen molar-refractivity contribution in [3.63, 3.8) is 0 Å². The van der Waals surface area contributed by atoms with Crippen molar-refractivity contribution in [1.29, 1.82) is 0 Å². The Hall–Kier alpha value is -0.810. The second-order valence-electron chi connectivity index (χ2n) is 6.23. The molecule has 1 fully saturated rings. The molecule has 3 N–H and O–H groups in total. The number of hydrogen-bond donors (Lipinski definition) is 2. The maximum atomic E-state index is 12.1. The zero-order valence-electron chi connectivity index (χ0n) is 14.7. The molecule has 0 aromatic carbocycles. The van der Waals surface area contributed by atoms with Gasteiger partial charge in [-0.3, -0.25) is 9.59 Å². The Morgan fingerprint density at radius 3 is 2.26 bits per heavy atom. The highest BCUT2D eigenvalue weighted by atomic mass is 35.5. The van der Waals surface area contributed by atoms with Crippen LogP contribution in [-0.4, -0.2) is 42.4 Å². The summed E-state index contributed by atoms with van der Waals surface area (Å²) in [6.07, 6.45) is 7.61. The van der Waals surface area contributed by atoms with Crippen LogP contribution in [0.15, 0.2) is 0 Å². The molecule has 0 radical (unpaired) electrons. The minimum absolute atomic E-state index is 0. The molecule has 0 aliphatic heterocycles. The molecular formula is C17H34ClN3O2. The van der Waals surface area contributed by atoms with Crippen molar-refractivity contribution < 1.29 is 9.59 Å². The zero-order chi connectivity index (χ0) is 16.4. The average molecular weight is 348 g/mol. The number of carbonyl (C=O) groups is 2. The van der Waals surface area contributed by atoms with Gasteiger partial charge in [-0.25, -0.2) is 0 Å². The van der Waals surface area contributed by atoms with E-state index in [-0.39, 0.29) is 30.3 Å². The standard InChI is InChI=1S/C17H33N3O2.ClH/c1-3-20(4-2)17(22)12-8-11-16(21)19-15(13-18)14-9-6-5-7-10-14;/h14-15H,3-13,18H2,1-2H3,(H,19,21);1H. The molecule has 23 heavy (non-hydrogen) atoms. The third-order valence-corrected chi connectivity index (χ3v) is 4.73. The van der Waals surface area contributed by atoms with Crippen LogP contribution in [0, 0.1) is 5.92 Å². The van der Waals surface area contributed by atoms with Crippen molar-refractivity contribution in [3.05, 3.63) is 0 Å². The molecule has 1 atom stereocenters. The van der Waals surface area contributed by atoms with Crippen LogP contribution in [0.5, 0.6) is 0 Å². The van der Waals surface area contributed by atoms with Gasteiger partial charge in [-0.15, -0.1) is 12.4 Å². The van der Waals surface area contributed by atoms with Gasteiger partial charge in [0.15, 0.2) is 0 Å². The van der Waals surface area contributed by atoms with Crippen molar-refractivity contribution >= 4 is 24.2 Å². The number of hydrogen-bond acceptors (Lipinski definition) is 3. The van der Waals surface area contributed by atoms with E-state index in [1.165, 1.54) is 32.1 Å². The minimum Gasteiger partial charge on any atom is -0.352 e. The predicted molar refractivity (Wildman–Crippen MR) is 96.6 cm³/mol. The van der Waals surface area contributed by atoms with Crippen molar-refractivity contribution in [2.24, 2.45) is 11.7 Å². The van der Waals surface area contributed by atoms with Gasteiger partial charge in [0.1, 0.15) is 0 Å². The molecule has 5 nitrogen and oxygen atoms in total. The maximum absolute atomic E-state index is 12.1. The van der Waals surface area contributed by atoms with Crippen molar-refractivity contribution in [3.8, 4) is 0 Å². The van der Waals surface area contributed by atoms with E-state index in [4.69, 9.17) is 5.73 Å². The van der Waals surface area contributed by atoms with Gasteiger partial charge in [-0.2, -0.15) is 0 Å². The normalized spacial score (nSPS) is 16.3. The van der Waals surface area contributed by atoms with E-state index in [2.05, 4.69) is 5.32 Å². The fourth-order valence-corrected chi connectivity index (χ4v) is 3.32. The number of carbonyl (C=O) groups excluding carboxylic acids is 2. The van der Waals surface area contributed by atoms with E-state index in [0.29, 0.717) is 31.7 Å². The van der Waals surface area contributed by atoms with Gasteiger partial charge in [0.25, 0.3) is 0 Å². The summed E-state index contributed by atoms with van der Waals surface area (Å²) in [6, 6.07) is 0.103. The molecular weight excluding hydrogens is 314 g/mol. The highest BCUT2D eigenvalue weighted by molar-refractivity contribution is 5.85. The summed E-state index contributed by atoms with van der Waals surface area (Å²) in [5, 5.41) is 3.08. The van der Waals surface area contributed by atoms with E-state index in [9.17, 15) is 9.59 Å². The predicted octanol–water partition coefficient (Wildman–Crippen LogP) is 2.47. The van der Waals surface area contributed by atoms with E-state index < -0.39 is 0 Å². The van der Waals surface area contributed by atoms with E-state index in [0.717, 1.165) is 13.1 Å². The Bertz CT molecular complexity index is 343. The second kappa shape index (κ2) is 12.6. The maximum Gasteiger partial charge on any atom is 0.222 e. The fraction of sp³-hybridized carbons (Fsp3) is 0.882. The van der Waals surface area contributed by atoms with Crippen LogP contribution in [0.2, 0.25) is 0 Å². The highest BCUT2D eigenvalue weighted by Gasteiger charge is 2.23.